The van der Waals surface area contributed by atoms with E-state index in [1.165, 1.54) is 10.8 Å². The molecule has 84 valence electrons. The zero-order chi connectivity index (χ0) is 11.8. The summed E-state index contributed by atoms with van der Waals surface area (Å²) in [6.07, 6.45) is 1.39. The number of nitrogens with two attached hydrogens (primary N) is 1. The summed E-state index contributed by atoms with van der Waals surface area (Å²) in [4.78, 5) is 12.0. The Hall–Kier alpha value is -2.70. The molecule has 0 atom stereocenters. The number of aromatic nitrogens is 5. The average Bonchev–Trinajstić information content (AvgIpc) is 2.83. The lowest BCUT2D eigenvalue weighted by Gasteiger charge is -2.03. The van der Waals surface area contributed by atoms with E-state index < -0.39 is 5.56 Å². The molecule has 7 nitrogen and oxygen atoms in total. The predicted octanol–water partition coefficient (Wildman–Crippen LogP) is -0.333. The number of nitrogen functional groups attached to an aromatic ring is 1. The molecule has 3 rings (SSSR count). The van der Waals surface area contributed by atoms with Gasteiger partial charge in [-0.2, -0.15) is 14.3 Å². The molecule has 7 heteroatoms. The number of nitrogens with zero attached hydrogens (tertiary/aromatic N) is 5. The number of hydrogen-bond acceptors (Lipinski definition) is 5. The average molecular weight is 228 g/mol. The van der Waals surface area contributed by atoms with E-state index in [-0.39, 0.29) is 11.5 Å². The molecule has 3 aromatic rings. The summed E-state index contributed by atoms with van der Waals surface area (Å²) in [7, 11) is 0. The van der Waals surface area contributed by atoms with Crippen LogP contribution in [-0.2, 0) is 0 Å². The van der Waals surface area contributed by atoms with E-state index in [1.807, 2.05) is 18.2 Å². The van der Waals surface area contributed by atoms with E-state index in [1.54, 1.807) is 12.1 Å². The molecule has 0 spiro atoms. The van der Waals surface area contributed by atoms with Crippen molar-refractivity contribution >= 4 is 5.78 Å². The standard InChI is InChI=1S/C10H8N6O/c11-16-9(17)8(7-4-2-1-3-5-7)14-15-6-12-13-10(15)16/h1-6H,11H2. The molecule has 2 N–H and O–H groups in total. The van der Waals surface area contributed by atoms with Crippen molar-refractivity contribution in [2.75, 3.05) is 5.84 Å². The number of rotatable bonds is 1. The molecule has 2 aromatic heterocycles. The van der Waals surface area contributed by atoms with Crippen molar-refractivity contribution in [1.29, 1.82) is 0 Å². The first-order valence-electron chi connectivity index (χ1n) is 4.91. The fourth-order valence-electron chi connectivity index (χ4n) is 1.59. The van der Waals surface area contributed by atoms with E-state index in [9.17, 15) is 4.79 Å². The summed E-state index contributed by atoms with van der Waals surface area (Å²) in [5.74, 6) is 5.85. The van der Waals surface area contributed by atoms with Gasteiger partial charge in [0.1, 0.15) is 6.33 Å². The molecule has 0 unspecified atom stereocenters. The zero-order valence-corrected chi connectivity index (χ0v) is 8.69. The molecular weight excluding hydrogens is 220 g/mol. The molecule has 1 aromatic carbocycles. The number of hydrogen-bond donors (Lipinski definition) is 1. The van der Waals surface area contributed by atoms with Crippen LogP contribution < -0.4 is 11.4 Å². The molecule has 0 amide bonds. The van der Waals surface area contributed by atoms with Gasteiger partial charge >= 0.3 is 0 Å². The summed E-state index contributed by atoms with van der Waals surface area (Å²) in [5, 5.41) is 11.5. The van der Waals surface area contributed by atoms with Gasteiger partial charge in [-0.1, -0.05) is 30.3 Å². The van der Waals surface area contributed by atoms with Gasteiger partial charge in [0.15, 0.2) is 5.69 Å². The molecule has 0 radical (unpaired) electrons. The monoisotopic (exact) mass is 228 g/mol. The highest BCUT2D eigenvalue weighted by atomic mass is 16.1. The van der Waals surface area contributed by atoms with Gasteiger partial charge in [0, 0.05) is 5.56 Å². The first-order valence-corrected chi connectivity index (χ1v) is 4.91. The summed E-state index contributed by atoms with van der Waals surface area (Å²) in [6, 6.07) is 9.10. The van der Waals surface area contributed by atoms with Crippen molar-refractivity contribution < 1.29 is 0 Å². The fraction of sp³-hybridized carbons (Fsp3) is 0. The zero-order valence-electron chi connectivity index (χ0n) is 8.69. The van der Waals surface area contributed by atoms with Crippen LogP contribution in [0.1, 0.15) is 0 Å². The molecule has 0 aliphatic carbocycles. The van der Waals surface area contributed by atoms with Crippen LogP contribution in [0.3, 0.4) is 0 Å². The maximum atomic E-state index is 12.0. The third-order valence-corrected chi connectivity index (χ3v) is 2.40. The van der Waals surface area contributed by atoms with Gasteiger partial charge in [-0.3, -0.25) is 4.79 Å². The molecule has 0 fully saturated rings. The van der Waals surface area contributed by atoms with E-state index in [0.29, 0.717) is 5.56 Å². The first kappa shape index (κ1) is 9.52. The summed E-state index contributed by atoms with van der Waals surface area (Å²) >= 11 is 0. The highest BCUT2D eigenvalue weighted by Crippen LogP contribution is 2.11. The van der Waals surface area contributed by atoms with Crippen LogP contribution in [-0.4, -0.2) is 24.5 Å². The second kappa shape index (κ2) is 3.41. The minimum atomic E-state index is -0.406. The maximum absolute atomic E-state index is 12.0. The quantitative estimate of drug-likeness (QED) is 0.576. The van der Waals surface area contributed by atoms with Crippen LogP contribution in [0.5, 0.6) is 0 Å². The van der Waals surface area contributed by atoms with Crippen LogP contribution in [0.4, 0.5) is 0 Å². The van der Waals surface area contributed by atoms with Gasteiger partial charge in [0.2, 0.25) is 0 Å². The largest absolute Gasteiger partial charge is 0.333 e. The van der Waals surface area contributed by atoms with Crippen molar-refractivity contribution in [3.05, 3.63) is 47.0 Å². The van der Waals surface area contributed by atoms with Gasteiger partial charge in [-0.25, -0.2) is 0 Å². The molecule has 0 saturated heterocycles. The molecule has 0 saturated carbocycles. The van der Waals surface area contributed by atoms with Gasteiger partial charge in [0.25, 0.3) is 11.3 Å². The van der Waals surface area contributed by atoms with Crippen LogP contribution in [0.25, 0.3) is 17.0 Å². The van der Waals surface area contributed by atoms with Crippen molar-refractivity contribution in [2.24, 2.45) is 0 Å². The van der Waals surface area contributed by atoms with Crippen molar-refractivity contribution in [3.8, 4) is 11.3 Å². The normalized spacial score (nSPS) is 10.8. The maximum Gasteiger partial charge on any atom is 0.300 e. The van der Waals surface area contributed by atoms with Crippen molar-refractivity contribution in [2.45, 2.75) is 0 Å². The Bertz CT molecular complexity index is 729. The van der Waals surface area contributed by atoms with Gasteiger partial charge in [-0.05, 0) is 0 Å². The third-order valence-electron chi connectivity index (χ3n) is 2.40. The third kappa shape index (κ3) is 1.36. The number of benzene rings is 1. The molecule has 0 bridgehead atoms. The molecule has 0 aliphatic rings. The Morgan fingerprint density at radius 2 is 1.94 bits per heavy atom. The lowest BCUT2D eigenvalue weighted by atomic mass is 10.2. The van der Waals surface area contributed by atoms with Gasteiger partial charge in [0.05, 0.1) is 0 Å². The second-order valence-electron chi connectivity index (χ2n) is 3.47. The lowest BCUT2D eigenvalue weighted by Crippen LogP contribution is -2.31. The minimum Gasteiger partial charge on any atom is -0.333 e. The SMILES string of the molecule is Nn1c(=O)c(-c2ccccc2)nn2cnnc12. The number of fused-ring (bicyclic) bond motifs is 1. The van der Waals surface area contributed by atoms with E-state index in [4.69, 9.17) is 5.84 Å². The van der Waals surface area contributed by atoms with E-state index in [2.05, 4.69) is 15.3 Å². The minimum absolute atomic E-state index is 0.203. The second-order valence-corrected chi connectivity index (χ2v) is 3.47. The van der Waals surface area contributed by atoms with E-state index in [0.717, 1.165) is 4.68 Å². The van der Waals surface area contributed by atoms with Gasteiger partial charge in [-0.15, -0.1) is 10.2 Å². The highest BCUT2D eigenvalue weighted by Gasteiger charge is 2.11. The summed E-state index contributed by atoms with van der Waals surface area (Å²) < 4.78 is 2.30. The molecule has 2 heterocycles. The van der Waals surface area contributed by atoms with Crippen LogP contribution >= 0.6 is 0 Å². The van der Waals surface area contributed by atoms with Crippen molar-refractivity contribution in [1.82, 2.24) is 24.5 Å². The predicted molar refractivity (Wildman–Crippen MR) is 60.6 cm³/mol. The lowest BCUT2D eigenvalue weighted by molar-refractivity contribution is 0.818. The van der Waals surface area contributed by atoms with E-state index >= 15 is 0 Å². The Balaban J connectivity index is 2.38. The topological polar surface area (TPSA) is 91.1 Å². The Kier molecular flexibility index (Phi) is 1.91. The smallest absolute Gasteiger partial charge is 0.300 e. The Morgan fingerprint density at radius 1 is 1.18 bits per heavy atom. The molecular formula is C10H8N6O. The summed E-state index contributed by atoms with van der Waals surface area (Å²) in [5.41, 5.74) is 0.560. The molecule has 0 aliphatic heterocycles. The van der Waals surface area contributed by atoms with Gasteiger partial charge < -0.3 is 5.84 Å². The fourth-order valence-corrected chi connectivity index (χ4v) is 1.59. The van der Waals surface area contributed by atoms with Crippen LogP contribution in [0, 0.1) is 0 Å². The first-order chi connectivity index (χ1) is 8.27. The van der Waals surface area contributed by atoms with Crippen LogP contribution in [0.2, 0.25) is 0 Å². The molecule has 17 heavy (non-hydrogen) atoms. The highest BCUT2D eigenvalue weighted by molar-refractivity contribution is 5.58. The van der Waals surface area contributed by atoms with Crippen LogP contribution in [0.15, 0.2) is 41.5 Å². The Morgan fingerprint density at radius 3 is 2.71 bits per heavy atom. The Labute approximate surface area is 95.1 Å². The van der Waals surface area contributed by atoms with Crippen molar-refractivity contribution in [3.63, 3.8) is 0 Å². The summed E-state index contributed by atoms with van der Waals surface area (Å²) in [6.45, 7) is 0.